The molecule has 3 aliphatic rings. The molecule has 1 aliphatic carbocycles. The molecular weight excluding hydrogens is 435 g/mol. The first-order chi connectivity index (χ1) is 16.6. The molecule has 2 amide bonds. The van der Waals surface area contributed by atoms with Gasteiger partial charge in [0.1, 0.15) is 24.3 Å². The van der Waals surface area contributed by atoms with Gasteiger partial charge in [-0.2, -0.15) is 0 Å². The van der Waals surface area contributed by atoms with E-state index in [-0.39, 0.29) is 42.1 Å². The predicted octanol–water partition coefficient (Wildman–Crippen LogP) is 3.08. The van der Waals surface area contributed by atoms with Gasteiger partial charge in [0.15, 0.2) is 5.76 Å². The summed E-state index contributed by atoms with van der Waals surface area (Å²) in [6.45, 7) is 2.66. The standard InChI is InChI=1S/C26H29FN4O3/c27-20-10-8-19(9-11-20)17-23-26(33)31(21-5-1-2-6-22(21)34-23)18-25(32)30-15-13-29(14-16-30)24-7-3-4-12-28-24/h3-4,7-12,17,21-22H,1-2,5-6,13-16,18H2/b23-17+. The van der Waals surface area contributed by atoms with Gasteiger partial charge in [-0.3, -0.25) is 9.59 Å². The monoisotopic (exact) mass is 464 g/mol. The molecule has 5 rings (SSSR count). The number of aromatic nitrogens is 1. The summed E-state index contributed by atoms with van der Waals surface area (Å²) in [6, 6.07) is 11.7. The highest BCUT2D eigenvalue weighted by atomic mass is 19.1. The Morgan fingerprint density at radius 1 is 1.06 bits per heavy atom. The number of ether oxygens (including phenoxy) is 1. The first-order valence-electron chi connectivity index (χ1n) is 12.0. The largest absolute Gasteiger partial charge is 0.482 e. The van der Waals surface area contributed by atoms with E-state index < -0.39 is 0 Å². The summed E-state index contributed by atoms with van der Waals surface area (Å²) in [5.74, 6) is 0.496. The third-order valence-electron chi connectivity index (χ3n) is 6.90. The molecular formula is C26H29FN4O3. The van der Waals surface area contributed by atoms with Crippen molar-refractivity contribution in [2.24, 2.45) is 0 Å². The predicted molar refractivity (Wildman–Crippen MR) is 126 cm³/mol. The summed E-state index contributed by atoms with van der Waals surface area (Å²) in [4.78, 5) is 36.7. The summed E-state index contributed by atoms with van der Waals surface area (Å²) in [5.41, 5.74) is 0.691. The molecule has 0 bridgehead atoms. The number of piperazine rings is 1. The SMILES string of the molecule is O=C(CN1C(=O)/C(=C\c2ccc(F)cc2)OC2CCCCC21)N1CCN(c2ccccn2)CC1. The fourth-order valence-electron chi connectivity index (χ4n) is 5.04. The second-order valence-corrected chi connectivity index (χ2v) is 9.06. The van der Waals surface area contributed by atoms with E-state index in [1.54, 1.807) is 29.3 Å². The molecule has 0 N–H and O–H groups in total. The van der Waals surface area contributed by atoms with E-state index in [1.165, 1.54) is 12.1 Å². The lowest BCUT2D eigenvalue weighted by Crippen LogP contribution is -2.58. The Bertz CT molecular complexity index is 1050. The maximum Gasteiger partial charge on any atom is 0.289 e. The number of amides is 2. The van der Waals surface area contributed by atoms with Crippen LogP contribution >= 0.6 is 0 Å². The van der Waals surface area contributed by atoms with Gasteiger partial charge in [-0.15, -0.1) is 0 Å². The molecule has 178 valence electrons. The second kappa shape index (κ2) is 9.83. The Kier molecular flexibility index (Phi) is 6.47. The normalized spacial score (nSPS) is 24.1. The van der Waals surface area contributed by atoms with E-state index in [2.05, 4.69) is 9.88 Å². The highest BCUT2D eigenvalue weighted by Crippen LogP contribution is 2.33. The molecule has 1 aromatic carbocycles. The van der Waals surface area contributed by atoms with Gasteiger partial charge in [-0.05, 0) is 55.2 Å². The number of carbonyl (C=O) groups is 2. The highest BCUT2D eigenvalue weighted by Gasteiger charge is 2.42. The van der Waals surface area contributed by atoms with Crippen molar-refractivity contribution in [3.05, 3.63) is 65.8 Å². The molecule has 3 fully saturated rings. The molecule has 2 aliphatic heterocycles. The second-order valence-electron chi connectivity index (χ2n) is 9.06. The van der Waals surface area contributed by atoms with Crippen LogP contribution in [0.2, 0.25) is 0 Å². The number of carbonyl (C=O) groups excluding carboxylic acids is 2. The first-order valence-corrected chi connectivity index (χ1v) is 12.0. The Morgan fingerprint density at radius 3 is 2.56 bits per heavy atom. The summed E-state index contributed by atoms with van der Waals surface area (Å²) < 4.78 is 19.4. The number of nitrogens with zero attached hydrogens (tertiary/aromatic N) is 4. The number of benzene rings is 1. The quantitative estimate of drug-likeness (QED) is 0.651. The molecule has 1 aromatic heterocycles. The molecule has 0 spiro atoms. The van der Waals surface area contributed by atoms with Crippen molar-refractivity contribution in [3.8, 4) is 0 Å². The fraction of sp³-hybridized carbons (Fsp3) is 0.423. The fourth-order valence-corrected chi connectivity index (χ4v) is 5.04. The van der Waals surface area contributed by atoms with Crippen molar-refractivity contribution in [2.75, 3.05) is 37.6 Å². The third-order valence-corrected chi connectivity index (χ3v) is 6.90. The van der Waals surface area contributed by atoms with Crippen molar-refractivity contribution in [1.29, 1.82) is 0 Å². The van der Waals surface area contributed by atoms with Gasteiger partial charge >= 0.3 is 0 Å². The number of hydrogen-bond donors (Lipinski definition) is 0. The van der Waals surface area contributed by atoms with E-state index >= 15 is 0 Å². The molecule has 3 heterocycles. The molecule has 0 radical (unpaired) electrons. The summed E-state index contributed by atoms with van der Waals surface area (Å²) in [6.07, 6.45) is 7.04. The van der Waals surface area contributed by atoms with Gasteiger partial charge in [-0.25, -0.2) is 9.37 Å². The maximum absolute atomic E-state index is 13.4. The molecule has 2 saturated heterocycles. The van der Waals surface area contributed by atoms with Gasteiger partial charge < -0.3 is 19.4 Å². The lowest BCUT2D eigenvalue weighted by atomic mass is 9.89. The number of fused-ring (bicyclic) bond motifs is 1. The summed E-state index contributed by atoms with van der Waals surface area (Å²) in [7, 11) is 0. The van der Waals surface area contributed by atoms with E-state index in [9.17, 15) is 14.0 Å². The zero-order valence-corrected chi connectivity index (χ0v) is 19.1. The zero-order valence-electron chi connectivity index (χ0n) is 19.1. The van der Waals surface area contributed by atoms with Crippen LogP contribution in [0, 0.1) is 5.82 Å². The van der Waals surface area contributed by atoms with Gasteiger partial charge in [0.05, 0.1) is 6.04 Å². The Labute approximate surface area is 198 Å². The van der Waals surface area contributed by atoms with E-state index in [0.29, 0.717) is 31.7 Å². The average molecular weight is 465 g/mol. The maximum atomic E-state index is 13.4. The van der Waals surface area contributed by atoms with Gasteiger partial charge in [0, 0.05) is 32.4 Å². The van der Waals surface area contributed by atoms with Crippen molar-refractivity contribution in [2.45, 2.75) is 37.8 Å². The van der Waals surface area contributed by atoms with Crippen LogP contribution in [0.1, 0.15) is 31.2 Å². The van der Waals surface area contributed by atoms with Crippen molar-refractivity contribution >= 4 is 23.7 Å². The smallest absolute Gasteiger partial charge is 0.289 e. The number of halogens is 1. The molecule has 2 atom stereocenters. The van der Waals surface area contributed by atoms with Gasteiger partial charge in [-0.1, -0.05) is 24.6 Å². The number of anilines is 1. The van der Waals surface area contributed by atoms with E-state index in [4.69, 9.17) is 4.74 Å². The molecule has 2 unspecified atom stereocenters. The minimum absolute atomic E-state index is 0.0404. The molecule has 7 nitrogen and oxygen atoms in total. The van der Waals surface area contributed by atoms with Crippen molar-refractivity contribution in [3.63, 3.8) is 0 Å². The van der Waals surface area contributed by atoms with Gasteiger partial charge in [0.25, 0.3) is 5.91 Å². The number of pyridine rings is 1. The lowest BCUT2D eigenvalue weighted by molar-refractivity contribution is -0.154. The number of hydrogen-bond acceptors (Lipinski definition) is 5. The number of rotatable bonds is 4. The minimum Gasteiger partial charge on any atom is -0.482 e. The Balaban J connectivity index is 1.28. The van der Waals surface area contributed by atoms with E-state index in [1.807, 2.05) is 23.1 Å². The molecule has 8 heteroatoms. The number of morpholine rings is 1. The van der Waals surface area contributed by atoms with Crippen LogP contribution in [-0.4, -0.2) is 71.5 Å². The van der Waals surface area contributed by atoms with Gasteiger partial charge in [0.2, 0.25) is 5.91 Å². The van der Waals surface area contributed by atoms with Crippen LogP contribution in [-0.2, 0) is 14.3 Å². The lowest BCUT2D eigenvalue weighted by Gasteiger charge is -2.45. The Hall–Kier alpha value is -3.42. The van der Waals surface area contributed by atoms with Crippen molar-refractivity contribution < 1.29 is 18.7 Å². The molecule has 34 heavy (non-hydrogen) atoms. The molecule has 2 aromatic rings. The zero-order chi connectivity index (χ0) is 23.5. The molecule has 1 saturated carbocycles. The summed E-state index contributed by atoms with van der Waals surface area (Å²) in [5, 5.41) is 0. The minimum atomic E-state index is -0.333. The van der Waals surface area contributed by atoms with Crippen LogP contribution in [0.3, 0.4) is 0 Å². The van der Waals surface area contributed by atoms with Crippen LogP contribution in [0.15, 0.2) is 54.4 Å². The first kappa shape index (κ1) is 22.4. The van der Waals surface area contributed by atoms with Crippen molar-refractivity contribution in [1.82, 2.24) is 14.8 Å². The Morgan fingerprint density at radius 2 is 1.82 bits per heavy atom. The highest BCUT2D eigenvalue weighted by molar-refractivity contribution is 5.98. The van der Waals surface area contributed by atoms with Crippen LogP contribution in [0.25, 0.3) is 6.08 Å². The van der Waals surface area contributed by atoms with Crippen LogP contribution < -0.4 is 4.90 Å². The van der Waals surface area contributed by atoms with Crippen LogP contribution in [0.4, 0.5) is 10.2 Å². The average Bonchev–Trinajstić information content (AvgIpc) is 2.88. The topological polar surface area (TPSA) is 66.0 Å². The third kappa shape index (κ3) is 4.76. The van der Waals surface area contributed by atoms with E-state index in [0.717, 1.165) is 31.5 Å². The summed E-state index contributed by atoms with van der Waals surface area (Å²) >= 11 is 0. The van der Waals surface area contributed by atoms with Crippen LogP contribution in [0.5, 0.6) is 0 Å².